The van der Waals surface area contributed by atoms with Crippen molar-refractivity contribution in [2.75, 3.05) is 19.6 Å². The second-order valence-electron chi connectivity index (χ2n) is 7.36. The highest BCUT2D eigenvalue weighted by Gasteiger charge is 2.25. The van der Waals surface area contributed by atoms with Gasteiger partial charge in [0, 0.05) is 23.8 Å². The number of furan rings is 1. The number of hydrogen-bond acceptors (Lipinski definition) is 5. The van der Waals surface area contributed by atoms with Crippen molar-refractivity contribution in [3.8, 4) is 0 Å². The van der Waals surface area contributed by atoms with Gasteiger partial charge in [0.05, 0.1) is 23.5 Å². The van der Waals surface area contributed by atoms with Gasteiger partial charge in [0.1, 0.15) is 5.76 Å². The molecule has 3 heterocycles. The molecule has 1 aliphatic carbocycles. The van der Waals surface area contributed by atoms with Gasteiger partial charge in [-0.1, -0.05) is 0 Å². The van der Waals surface area contributed by atoms with Crippen molar-refractivity contribution in [1.82, 2.24) is 15.2 Å². The summed E-state index contributed by atoms with van der Waals surface area (Å²) in [6, 6.07) is 3.93. The molecule has 2 aromatic heterocycles. The smallest absolute Gasteiger partial charge is 0.223 e. The van der Waals surface area contributed by atoms with E-state index in [0.29, 0.717) is 6.54 Å². The van der Waals surface area contributed by atoms with E-state index < -0.39 is 0 Å². The quantitative estimate of drug-likeness (QED) is 0.845. The molecule has 4 rings (SSSR count). The van der Waals surface area contributed by atoms with Crippen LogP contribution >= 0.6 is 11.3 Å². The fourth-order valence-electron chi connectivity index (χ4n) is 3.93. The number of aryl methyl sites for hydroxylation is 2. The number of piperidine rings is 1. The van der Waals surface area contributed by atoms with Crippen LogP contribution in [0.4, 0.5) is 0 Å². The Bertz CT molecular complexity index is 694. The van der Waals surface area contributed by atoms with Crippen molar-refractivity contribution < 1.29 is 9.21 Å². The van der Waals surface area contributed by atoms with Crippen molar-refractivity contribution in [3.05, 3.63) is 39.7 Å². The molecule has 1 N–H and O–H groups in total. The highest BCUT2D eigenvalue weighted by Crippen LogP contribution is 2.26. The van der Waals surface area contributed by atoms with Crippen molar-refractivity contribution in [2.45, 2.75) is 51.5 Å². The largest absolute Gasteiger partial charge is 0.468 e. The molecular weight excluding hydrogens is 346 g/mol. The minimum absolute atomic E-state index is 0.146. The Hall–Kier alpha value is -1.66. The molecule has 1 fully saturated rings. The van der Waals surface area contributed by atoms with Gasteiger partial charge in [0.15, 0.2) is 0 Å². The first-order valence-electron chi connectivity index (χ1n) is 9.78. The molecule has 1 aliphatic heterocycles. The third-order valence-electron chi connectivity index (χ3n) is 5.45. The Balaban J connectivity index is 1.18. The van der Waals surface area contributed by atoms with Crippen molar-refractivity contribution >= 4 is 17.2 Å². The third kappa shape index (κ3) is 4.35. The summed E-state index contributed by atoms with van der Waals surface area (Å²) in [4.78, 5) is 21.0. The first-order valence-corrected chi connectivity index (χ1v) is 10.6. The number of hydrogen-bond donors (Lipinski definition) is 1. The van der Waals surface area contributed by atoms with E-state index >= 15 is 0 Å². The van der Waals surface area contributed by atoms with E-state index in [0.717, 1.165) is 51.1 Å². The molecule has 0 saturated carbocycles. The zero-order chi connectivity index (χ0) is 17.8. The van der Waals surface area contributed by atoms with E-state index in [1.165, 1.54) is 34.8 Å². The van der Waals surface area contributed by atoms with Gasteiger partial charge in [-0.2, -0.15) is 0 Å². The Kier molecular flexibility index (Phi) is 5.70. The van der Waals surface area contributed by atoms with Crippen molar-refractivity contribution in [1.29, 1.82) is 0 Å². The second kappa shape index (κ2) is 8.35. The zero-order valence-electron chi connectivity index (χ0n) is 15.2. The van der Waals surface area contributed by atoms with Gasteiger partial charge in [-0.15, -0.1) is 11.3 Å². The molecule has 1 saturated heterocycles. The number of likely N-dealkylation sites (tertiary alicyclic amines) is 1. The van der Waals surface area contributed by atoms with Gasteiger partial charge >= 0.3 is 0 Å². The van der Waals surface area contributed by atoms with Crippen LogP contribution in [0.25, 0.3) is 0 Å². The molecule has 2 aromatic rings. The number of amides is 1. The number of thiazole rings is 1. The number of carbonyl (C=O) groups excluding carboxylic acids is 1. The minimum Gasteiger partial charge on any atom is -0.468 e. The van der Waals surface area contributed by atoms with Crippen LogP contribution in [0.15, 0.2) is 22.8 Å². The number of nitrogens with zero attached hydrogens (tertiary/aromatic N) is 2. The summed E-state index contributed by atoms with van der Waals surface area (Å²) >= 11 is 1.85. The maximum absolute atomic E-state index is 12.4. The Morgan fingerprint density at radius 2 is 2.15 bits per heavy atom. The fraction of sp³-hybridized carbons (Fsp3) is 0.600. The molecule has 5 nitrogen and oxygen atoms in total. The lowest BCUT2D eigenvalue weighted by atomic mass is 9.96. The van der Waals surface area contributed by atoms with Crippen LogP contribution in [0.5, 0.6) is 0 Å². The molecule has 0 unspecified atom stereocenters. The third-order valence-corrected chi connectivity index (χ3v) is 6.66. The average Bonchev–Trinajstić information content (AvgIpc) is 3.31. The maximum atomic E-state index is 12.4. The number of fused-ring (bicyclic) bond motifs is 1. The van der Waals surface area contributed by atoms with Crippen LogP contribution in [0.3, 0.4) is 0 Å². The Morgan fingerprint density at radius 3 is 2.92 bits per heavy atom. The molecule has 0 atom stereocenters. The molecule has 26 heavy (non-hydrogen) atoms. The van der Waals surface area contributed by atoms with E-state index in [1.54, 1.807) is 6.26 Å². The normalized spacial score (nSPS) is 18.6. The lowest BCUT2D eigenvalue weighted by molar-refractivity contribution is -0.126. The molecule has 0 spiro atoms. The molecule has 6 heteroatoms. The summed E-state index contributed by atoms with van der Waals surface area (Å²) in [5.41, 5.74) is 1.31. The molecule has 140 valence electrons. The molecular formula is C20H27N3O2S. The monoisotopic (exact) mass is 373 g/mol. The first-order chi connectivity index (χ1) is 12.8. The predicted molar refractivity (Wildman–Crippen MR) is 102 cm³/mol. The number of rotatable bonds is 6. The fourth-order valence-corrected chi connectivity index (χ4v) is 5.08. The molecule has 0 bridgehead atoms. The standard InChI is InChI=1S/C20H27N3O2S/c24-20(15-8-11-23(12-9-15)14-16-4-3-13-25-16)21-10-7-19-22-17-5-1-2-6-18(17)26-19/h3-4,13,15H,1-2,5-12,14H2,(H,21,24). The number of carbonyl (C=O) groups is 1. The second-order valence-corrected chi connectivity index (χ2v) is 8.52. The number of aromatic nitrogens is 1. The topological polar surface area (TPSA) is 58.4 Å². The van der Waals surface area contributed by atoms with Crippen LogP contribution in [-0.2, 0) is 30.6 Å². The Morgan fingerprint density at radius 1 is 1.31 bits per heavy atom. The van der Waals surface area contributed by atoms with Gasteiger partial charge in [-0.05, 0) is 63.7 Å². The Labute approximate surface area is 158 Å². The van der Waals surface area contributed by atoms with E-state index in [9.17, 15) is 4.79 Å². The summed E-state index contributed by atoms with van der Waals surface area (Å²) in [6.45, 7) is 3.46. The van der Waals surface area contributed by atoms with Gasteiger partial charge < -0.3 is 9.73 Å². The SMILES string of the molecule is O=C(NCCc1nc2c(s1)CCCC2)C1CCN(Cc2ccco2)CC1. The van der Waals surface area contributed by atoms with Crippen LogP contribution in [-0.4, -0.2) is 35.4 Å². The van der Waals surface area contributed by atoms with E-state index in [1.807, 2.05) is 23.5 Å². The van der Waals surface area contributed by atoms with Gasteiger partial charge in [-0.3, -0.25) is 9.69 Å². The molecule has 1 amide bonds. The molecule has 0 radical (unpaired) electrons. The van der Waals surface area contributed by atoms with Crippen LogP contribution in [0.1, 0.15) is 47.0 Å². The lowest BCUT2D eigenvalue weighted by Crippen LogP contribution is -2.40. The lowest BCUT2D eigenvalue weighted by Gasteiger charge is -2.30. The van der Waals surface area contributed by atoms with E-state index in [-0.39, 0.29) is 11.8 Å². The summed E-state index contributed by atoms with van der Waals surface area (Å²) in [6.07, 6.45) is 9.32. The maximum Gasteiger partial charge on any atom is 0.223 e. The van der Waals surface area contributed by atoms with Crippen molar-refractivity contribution in [3.63, 3.8) is 0 Å². The van der Waals surface area contributed by atoms with E-state index in [4.69, 9.17) is 9.40 Å². The van der Waals surface area contributed by atoms with Gasteiger partial charge in [0.2, 0.25) is 5.91 Å². The highest BCUT2D eigenvalue weighted by molar-refractivity contribution is 7.11. The summed E-state index contributed by atoms with van der Waals surface area (Å²) in [5, 5.41) is 4.32. The van der Waals surface area contributed by atoms with Gasteiger partial charge in [0.25, 0.3) is 0 Å². The van der Waals surface area contributed by atoms with Crippen molar-refractivity contribution in [2.24, 2.45) is 5.92 Å². The van der Waals surface area contributed by atoms with Gasteiger partial charge in [-0.25, -0.2) is 4.98 Å². The molecule has 0 aromatic carbocycles. The van der Waals surface area contributed by atoms with Crippen LogP contribution in [0, 0.1) is 5.92 Å². The summed E-state index contributed by atoms with van der Waals surface area (Å²) < 4.78 is 5.41. The summed E-state index contributed by atoms with van der Waals surface area (Å²) in [5.74, 6) is 1.36. The minimum atomic E-state index is 0.146. The van der Waals surface area contributed by atoms with Crippen LogP contribution < -0.4 is 5.32 Å². The predicted octanol–water partition coefficient (Wildman–Crippen LogP) is 3.19. The average molecular weight is 374 g/mol. The number of nitrogens with one attached hydrogen (secondary N) is 1. The zero-order valence-corrected chi connectivity index (χ0v) is 16.0. The van der Waals surface area contributed by atoms with Crippen LogP contribution in [0.2, 0.25) is 0 Å². The summed E-state index contributed by atoms with van der Waals surface area (Å²) in [7, 11) is 0. The molecule has 2 aliphatic rings. The first kappa shape index (κ1) is 17.7. The highest BCUT2D eigenvalue weighted by atomic mass is 32.1. The van der Waals surface area contributed by atoms with E-state index in [2.05, 4.69) is 10.2 Å².